The van der Waals surface area contributed by atoms with E-state index in [9.17, 15) is 4.79 Å². The molecule has 0 amide bonds. The molecule has 0 unspecified atom stereocenters. The maximum absolute atomic E-state index is 10.5. The van der Waals surface area contributed by atoms with Crippen LogP contribution < -0.4 is 0 Å². The van der Waals surface area contributed by atoms with Crippen molar-refractivity contribution in [1.29, 1.82) is 0 Å². The van der Waals surface area contributed by atoms with Crippen molar-refractivity contribution in [2.75, 3.05) is 6.61 Å². The van der Waals surface area contributed by atoms with Crippen LogP contribution in [-0.4, -0.2) is 12.6 Å². The minimum Gasteiger partial charge on any atom is -0.466 e. The SMILES string of the molecule is C=CCC(CCCCOC(C)=O)=C(I)I. The molecule has 15 heavy (non-hydrogen) atoms. The Hall–Kier alpha value is 0.410. The van der Waals surface area contributed by atoms with Crippen LogP contribution in [0.4, 0.5) is 0 Å². The van der Waals surface area contributed by atoms with Gasteiger partial charge < -0.3 is 4.74 Å². The molecule has 0 radical (unpaired) electrons. The molecule has 0 aliphatic rings. The van der Waals surface area contributed by atoms with Gasteiger partial charge >= 0.3 is 5.97 Å². The highest BCUT2D eigenvalue weighted by Gasteiger charge is 2.00. The monoisotopic (exact) mass is 434 g/mol. The van der Waals surface area contributed by atoms with Crippen LogP contribution in [-0.2, 0) is 9.53 Å². The Morgan fingerprint density at radius 1 is 1.40 bits per heavy atom. The molecule has 0 aromatic rings. The van der Waals surface area contributed by atoms with E-state index < -0.39 is 0 Å². The van der Waals surface area contributed by atoms with Crippen LogP contribution in [0.1, 0.15) is 32.6 Å². The summed E-state index contributed by atoms with van der Waals surface area (Å²) in [6.07, 6.45) is 5.94. The van der Waals surface area contributed by atoms with Gasteiger partial charge in [0.15, 0.2) is 0 Å². The predicted molar refractivity (Wildman–Crippen MR) is 80.4 cm³/mol. The molecule has 2 nitrogen and oxygen atoms in total. The van der Waals surface area contributed by atoms with Crippen LogP contribution in [0.2, 0.25) is 0 Å². The zero-order valence-electron chi connectivity index (χ0n) is 8.89. The Balaban J connectivity index is 3.68. The van der Waals surface area contributed by atoms with Crippen molar-refractivity contribution in [2.45, 2.75) is 32.6 Å². The first-order chi connectivity index (χ1) is 7.07. The molecule has 0 atom stereocenters. The highest BCUT2D eigenvalue weighted by atomic mass is 127. The van der Waals surface area contributed by atoms with E-state index in [1.165, 1.54) is 14.1 Å². The number of carbonyl (C=O) groups excluding carboxylic acids is 1. The van der Waals surface area contributed by atoms with Gasteiger partial charge in [-0.1, -0.05) is 6.08 Å². The number of hydrogen-bond donors (Lipinski definition) is 0. The quantitative estimate of drug-likeness (QED) is 0.258. The van der Waals surface area contributed by atoms with E-state index in [2.05, 4.69) is 51.8 Å². The zero-order chi connectivity index (χ0) is 11.7. The molecule has 0 bridgehead atoms. The lowest BCUT2D eigenvalue weighted by Gasteiger charge is -2.05. The number of ether oxygens (including phenoxy) is 1. The average Bonchev–Trinajstić information content (AvgIpc) is 2.15. The van der Waals surface area contributed by atoms with Crippen LogP contribution in [0.15, 0.2) is 19.8 Å². The highest BCUT2D eigenvalue weighted by molar-refractivity contribution is 14.2. The van der Waals surface area contributed by atoms with E-state index >= 15 is 0 Å². The number of unbranched alkanes of at least 4 members (excludes halogenated alkanes) is 1. The largest absolute Gasteiger partial charge is 0.466 e. The van der Waals surface area contributed by atoms with Gasteiger partial charge in [0.25, 0.3) is 0 Å². The minimum atomic E-state index is -0.194. The molecule has 0 fully saturated rings. The topological polar surface area (TPSA) is 26.3 Å². The summed E-state index contributed by atoms with van der Waals surface area (Å²) in [5, 5.41) is 0. The first kappa shape index (κ1) is 15.4. The number of esters is 1. The molecule has 0 aromatic carbocycles. The molecule has 0 aliphatic heterocycles. The van der Waals surface area contributed by atoms with Crippen LogP contribution in [0.5, 0.6) is 0 Å². The average molecular weight is 434 g/mol. The van der Waals surface area contributed by atoms with Gasteiger partial charge in [-0.05, 0) is 76.4 Å². The van der Waals surface area contributed by atoms with Crippen molar-refractivity contribution in [3.63, 3.8) is 0 Å². The third kappa shape index (κ3) is 9.35. The van der Waals surface area contributed by atoms with Crippen molar-refractivity contribution >= 4 is 51.2 Å². The summed E-state index contributed by atoms with van der Waals surface area (Å²) < 4.78 is 6.18. The summed E-state index contributed by atoms with van der Waals surface area (Å²) in [7, 11) is 0. The lowest BCUT2D eigenvalue weighted by atomic mass is 10.1. The summed E-state index contributed by atoms with van der Waals surface area (Å²) in [5.41, 5.74) is 1.43. The first-order valence-corrected chi connectivity index (χ1v) is 7.01. The molecule has 0 saturated heterocycles. The summed E-state index contributed by atoms with van der Waals surface area (Å²) in [4.78, 5) is 10.5. The van der Waals surface area contributed by atoms with Gasteiger partial charge in [-0.15, -0.1) is 6.58 Å². The van der Waals surface area contributed by atoms with Gasteiger partial charge in [-0.2, -0.15) is 0 Å². The van der Waals surface area contributed by atoms with Crippen LogP contribution in [0, 0.1) is 0 Å². The van der Waals surface area contributed by atoms with Crippen molar-refractivity contribution in [3.05, 3.63) is 19.8 Å². The fourth-order valence-electron chi connectivity index (χ4n) is 1.10. The molecule has 0 rings (SSSR count). The molecule has 0 spiro atoms. The molecule has 86 valence electrons. The lowest BCUT2D eigenvalue weighted by molar-refractivity contribution is -0.141. The standard InChI is InChI=1S/C11H16I2O2/c1-3-6-10(11(12)13)7-4-5-8-15-9(2)14/h3H,1,4-8H2,2H3. The van der Waals surface area contributed by atoms with Crippen molar-refractivity contribution in [2.24, 2.45) is 0 Å². The fourth-order valence-corrected chi connectivity index (χ4v) is 2.08. The number of rotatable bonds is 7. The Morgan fingerprint density at radius 2 is 2.07 bits per heavy atom. The number of carbonyl (C=O) groups is 1. The Bertz CT molecular complexity index is 243. The van der Waals surface area contributed by atoms with Crippen LogP contribution in [0.3, 0.4) is 0 Å². The van der Waals surface area contributed by atoms with E-state index in [0.29, 0.717) is 6.61 Å². The summed E-state index contributed by atoms with van der Waals surface area (Å²) in [5.74, 6) is -0.194. The van der Waals surface area contributed by atoms with E-state index in [4.69, 9.17) is 4.74 Å². The summed E-state index contributed by atoms with van der Waals surface area (Å²) in [6.45, 7) is 5.72. The molecule has 0 saturated carbocycles. The molecule has 0 aromatic heterocycles. The molecule has 0 aliphatic carbocycles. The fraction of sp³-hybridized carbons (Fsp3) is 0.545. The van der Waals surface area contributed by atoms with Gasteiger partial charge in [0.2, 0.25) is 0 Å². The van der Waals surface area contributed by atoms with E-state index in [1.54, 1.807) is 0 Å². The Morgan fingerprint density at radius 3 is 2.53 bits per heavy atom. The second kappa shape index (κ2) is 9.62. The molecule has 0 N–H and O–H groups in total. The summed E-state index contributed by atoms with van der Waals surface area (Å²) in [6, 6.07) is 0. The molecule has 4 heteroatoms. The zero-order valence-corrected chi connectivity index (χ0v) is 13.2. The second-order valence-electron chi connectivity index (χ2n) is 3.15. The smallest absolute Gasteiger partial charge is 0.302 e. The first-order valence-electron chi connectivity index (χ1n) is 4.85. The van der Waals surface area contributed by atoms with E-state index in [1.807, 2.05) is 6.08 Å². The summed E-state index contributed by atoms with van der Waals surface area (Å²) >= 11 is 4.67. The van der Waals surface area contributed by atoms with Crippen LogP contribution in [0.25, 0.3) is 0 Å². The van der Waals surface area contributed by atoms with Crippen molar-refractivity contribution in [3.8, 4) is 0 Å². The highest BCUT2D eigenvalue weighted by Crippen LogP contribution is 2.26. The Kier molecular flexibility index (Phi) is 9.89. The lowest BCUT2D eigenvalue weighted by Crippen LogP contribution is -2.00. The molecule has 0 heterocycles. The molecular formula is C11H16I2O2. The van der Waals surface area contributed by atoms with Gasteiger partial charge in [0.1, 0.15) is 0 Å². The van der Waals surface area contributed by atoms with E-state index in [-0.39, 0.29) is 5.97 Å². The maximum Gasteiger partial charge on any atom is 0.302 e. The van der Waals surface area contributed by atoms with Gasteiger partial charge in [-0.3, -0.25) is 4.79 Å². The second-order valence-corrected chi connectivity index (χ2v) is 7.38. The van der Waals surface area contributed by atoms with Crippen LogP contribution >= 0.6 is 45.2 Å². The molecular weight excluding hydrogens is 418 g/mol. The Labute approximate surface area is 119 Å². The third-order valence-corrected chi connectivity index (χ3v) is 3.36. The number of halogens is 2. The number of allylic oxidation sites excluding steroid dienone is 2. The maximum atomic E-state index is 10.5. The van der Waals surface area contributed by atoms with Gasteiger partial charge in [0.05, 0.1) is 8.19 Å². The predicted octanol–water partition coefficient (Wildman–Crippen LogP) is 4.38. The van der Waals surface area contributed by atoms with Crippen molar-refractivity contribution in [1.82, 2.24) is 0 Å². The van der Waals surface area contributed by atoms with Gasteiger partial charge in [-0.25, -0.2) is 0 Å². The van der Waals surface area contributed by atoms with Crippen molar-refractivity contribution < 1.29 is 9.53 Å². The third-order valence-electron chi connectivity index (χ3n) is 1.84. The minimum absolute atomic E-state index is 0.194. The van der Waals surface area contributed by atoms with E-state index in [0.717, 1.165) is 25.7 Å². The van der Waals surface area contributed by atoms with Gasteiger partial charge in [0, 0.05) is 6.92 Å². The number of hydrogen-bond acceptors (Lipinski definition) is 2. The normalized spacial score (nSPS) is 9.53.